The van der Waals surface area contributed by atoms with Gasteiger partial charge < -0.3 is 10.2 Å². The second-order valence-corrected chi connectivity index (χ2v) is 6.77. The highest BCUT2D eigenvalue weighted by Crippen LogP contribution is 2.39. The Kier molecular flexibility index (Phi) is 3.46. The van der Waals surface area contributed by atoms with Crippen LogP contribution in [-0.2, 0) is 11.2 Å². The van der Waals surface area contributed by atoms with E-state index in [4.69, 9.17) is 11.6 Å². The average Bonchev–Trinajstić information content (AvgIpc) is 2.42. The second-order valence-electron chi connectivity index (χ2n) is 6.34. The monoisotopic (exact) mass is 293 g/mol. The number of amides is 1. The summed E-state index contributed by atoms with van der Waals surface area (Å²) in [7, 11) is 0. The number of aromatic nitrogens is 1. The van der Waals surface area contributed by atoms with Gasteiger partial charge in [-0.2, -0.15) is 0 Å². The van der Waals surface area contributed by atoms with Crippen molar-refractivity contribution < 1.29 is 4.79 Å². The number of carbonyl (C=O) groups is 1. The molecule has 5 heteroatoms. The molecule has 1 N–H and O–H groups in total. The Hall–Kier alpha value is -1.13. The number of hydrogen-bond donors (Lipinski definition) is 1. The zero-order valence-corrected chi connectivity index (χ0v) is 12.7. The predicted molar refractivity (Wildman–Crippen MR) is 80.1 cm³/mol. The van der Waals surface area contributed by atoms with Crippen LogP contribution in [-0.4, -0.2) is 30.0 Å². The molecule has 0 atom stereocenters. The average molecular weight is 294 g/mol. The topological polar surface area (TPSA) is 45.2 Å². The second kappa shape index (κ2) is 5.01. The summed E-state index contributed by atoms with van der Waals surface area (Å²) in [5.41, 5.74) is 1.50. The van der Waals surface area contributed by atoms with Crippen molar-refractivity contribution in [2.45, 2.75) is 39.2 Å². The molecule has 0 spiro atoms. The Morgan fingerprint density at radius 2 is 2.10 bits per heavy atom. The lowest BCUT2D eigenvalue weighted by Crippen LogP contribution is -2.54. The molecule has 3 rings (SSSR count). The summed E-state index contributed by atoms with van der Waals surface area (Å²) in [4.78, 5) is 19.3. The molecule has 20 heavy (non-hydrogen) atoms. The van der Waals surface area contributed by atoms with Crippen LogP contribution in [0.2, 0.25) is 5.02 Å². The van der Waals surface area contributed by atoms with Crippen molar-refractivity contribution in [3.63, 3.8) is 0 Å². The van der Waals surface area contributed by atoms with Gasteiger partial charge in [-0.1, -0.05) is 25.4 Å². The lowest BCUT2D eigenvalue weighted by atomic mass is 9.81. The van der Waals surface area contributed by atoms with Crippen molar-refractivity contribution in [3.8, 4) is 0 Å². The number of nitrogens with one attached hydrogen (secondary N) is 1. The first-order chi connectivity index (χ1) is 9.49. The summed E-state index contributed by atoms with van der Waals surface area (Å²) >= 11 is 6.09. The molecule has 3 heterocycles. The van der Waals surface area contributed by atoms with E-state index >= 15 is 0 Å². The number of anilines is 1. The van der Waals surface area contributed by atoms with Crippen molar-refractivity contribution in [3.05, 3.63) is 23.0 Å². The van der Waals surface area contributed by atoms with Crippen LogP contribution in [0.15, 0.2) is 12.3 Å². The van der Waals surface area contributed by atoms with Crippen molar-refractivity contribution in [2.24, 2.45) is 5.41 Å². The minimum atomic E-state index is -0.390. The van der Waals surface area contributed by atoms with Crippen LogP contribution in [0.4, 0.5) is 5.69 Å². The van der Waals surface area contributed by atoms with Crippen LogP contribution in [0, 0.1) is 5.41 Å². The first-order valence-electron chi connectivity index (χ1n) is 7.18. The van der Waals surface area contributed by atoms with Gasteiger partial charge in [-0.25, -0.2) is 0 Å². The van der Waals surface area contributed by atoms with E-state index in [9.17, 15) is 4.79 Å². The van der Waals surface area contributed by atoms with E-state index in [0.29, 0.717) is 11.4 Å². The van der Waals surface area contributed by atoms with Gasteiger partial charge in [-0.15, -0.1) is 0 Å². The largest absolute Gasteiger partial charge is 0.317 e. The summed E-state index contributed by atoms with van der Waals surface area (Å²) in [5.74, 6) is 0.195. The van der Waals surface area contributed by atoms with Crippen molar-refractivity contribution in [1.29, 1.82) is 0 Å². The number of fused-ring (bicyclic) bond motifs is 1. The minimum Gasteiger partial charge on any atom is -0.317 e. The minimum absolute atomic E-state index is 0.195. The molecule has 4 nitrogen and oxygen atoms in total. The fraction of sp³-hybridized carbons (Fsp3) is 0.600. The molecule has 1 fully saturated rings. The van der Waals surface area contributed by atoms with E-state index in [-0.39, 0.29) is 11.9 Å². The van der Waals surface area contributed by atoms with Crippen LogP contribution in [0.3, 0.4) is 0 Å². The van der Waals surface area contributed by atoms with Crippen LogP contribution < -0.4 is 10.2 Å². The third kappa shape index (κ3) is 2.31. The van der Waals surface area contributed by atoms with Crippen molar-refractivity contribution >= 4 is 23.2 Å². The number of halogens is 1. The van der Waals surface area contributed by atoms with E-state index in [1.807, 2.05) is 24.8 Å². The summed E-state index contributed by atoms with van der Waals surface area (Å²) < 4.78 is 0. The van der Waals surface area contributed by atoms with E-state index in [1.165, 1.54) is 0 Å². The zero-order valence-electron chi connectivity index (χ0n) is 11.9. The third-order valence-corrected chi connectivity index (χ3v) is 4.46. The molecule has 0 aliphatic carbocycles. The van der Waals surface area contributed by atoms with Crippen LogP contribution in [0.5, 0.6) is 0 Å². The fourth-order valence-electron chi connectivity index (χ4n) is 3.16. The molecule has 0 bridgehead atoms. The standard InChI is InChI=1S/C15H20ClN3O/c1-15(2)8-12-13(7-10(16)9-18-12)19(14(15)20)11-3-5-17-6-4-11/h7,9,11,17H,3-6,8H2,1-2H3. The Bertz CT molecular complexity index is 538. The lowest BCUT2D eigenvalue weighted by molar-refractivity contribution is -0.127. The number of hydrogen-bond acceptors (Lipinski definition) is 3. The number of pyridine rings is 1. The van der Waals surface area contributed by atoms with Gasteiger partial charge in [-0.3, -0.25) is 9.78 Å². The number of rotatable bonds is 1. The summed E-state index contributed by atoms with van der Waals surface area (Å²) in [5, 5.41) is 3.94. The quantitative estimate of drug-likeness (QED) is 0.865. The Labute approximate surface area is 124 Å². The molecule has 0 radical (unpaired) electrons. The number of piperidine rings is 1. The van der Waals surface area contributed by atoms with Gasteiger partial charge in [-0.05, 0) is 32.0 Å². The zero-order chi connectivity index (χ0) is 14.3. The highest BCUT2D eigenvalue weighted by Gasteiger charge is 2.42. The summed E-state index contributed by atoms with van der Waals surface area (Å²) in [6.45, 7) is 5.92. The smallest absolute Gasteiger partial charge is 0.233 e. The molecule has 1 aromatic heterocycles. The van der Waals surface area contributed by atoms with Crippen LogP contribution in [0.25, 0.3) is 0 Å². The molecule has 0 unspecified atom stereocenters. The van der Waals surface area contributed by atoms with Gasteiger partial charge in [0, 0.05) is 24.1 Å². The molecule has 2 aliphatic heterocycles. The summed E-state index contributed by atoms with van der Waals surface area (Å²) in [6, 6.07) is 2.14. The number of nitrogens with zero attached hydrogens (tertiary/aromatic N) is 2. The van der Waals surface area contributed by atoms with E-state index in [2.05, 4.69) is 10.3 Å². The highest BCUT2D eigenvalue weighted by molar-refractivity contribution is 6.30. The maximum Gasteiger partial charge on any atom is 0.233 e. The molecule has 1 amide bonds. The fourth-order valence-corrected chi connectivity index (χ4v) is 3.31. The maximum atomic E-state index is 12.9. The Balaban J connectivity index is 2.05. The van der Waals surface area contributed by atoms with Crippen molar-refractivity contribution in [2.75, 3.05) is 18.0 Å². The first-order valence-corrected chi connectivity index (χ1v) is 7.56. The van der Waals surface area contributed by atoms with Gasteiger partial charge in [0.1, 0.15) is 0 Å². The van der Waals surface area contributed by atoms with E-state index in [0.717, 1.165) is 37.3 Å². The molecule has 0 saturated carbocycles. The van der Waals surface area contributed by atoms with Gasteiger partial charge >= 0.3 is 0 Å². The third-order valence-electron chi connectivity index (χ3n) is 4.25. The van der Waals surface area contributed by atoms with Crippen LogP contribution in [0.1, 0.15) is 32.4 Å². The molecule has 108 valence electrons. The van der Waals surface area contributed by atoms with Gasteiger partial charge in [0.15, 0.2) is 0 Å². The molecule has 2 aliphatic rings. The van der Waals surface area contributed by atoms with Crippen molar-refractivity contribution in [1.82, 2.24) is 10.3 Å². The predicted octanol–water partition coefficient (Wildman–Crippen LogP) is 2.40. The van der Waals surface area contributed by atoms with Gasteiger partial charge in [0.05, 0.1) is 16.4 Å². The van der Waals surface area contributed by atoms with E-state index in [1.54, 1.807) is 6.20 Å². The normalized spacial score (nSPS) is 22.8. The molecule has 1 saturated heterocycles. The molecular formula is C15H20ClN3O. The molecular weight excluding hydrogens is 274 g/mol. The Morgan fingerprint density at radius 1 is 1.40 bits per heavy atom. The van der Waals surface area contributed by atoms with Gasteiger partial charge in [0.2, 0.25) is 5.91 Å². The van der Waals surface area contributed by atoms with Gasteiger partial charge in [0.25, 0.3) is 0 Å². The summed E-state index contributed by atoms with van der Waals surface area (Å²) in [6.07, 6.45) is 4.31. The SMILES string of the molecule is CC1(C)Cc2ncc(Cl)cc2N(C2CCNCC2)C1=O. The lowest BCUT2D eigenvalue weighted by Gasteiger charge is -2.43. The molecule has 0 aromatic carbocycles. The Morgan fingerprint density at radius 3 is 2.80 bits per heavy atom. The number of carbonyl (C=O) groups excluding carboxylic acids is 1. The molecule has 1 aromatic rings. The van der Waals surface area contributed by atoms with Crippen LogP contribution >= 0.6 is 11.6 Å². The maximum absolute atomic E-state index is 12.9. The highest BCUT2D eigenvalue weighted by atomic mass is 35.5. The first kappa shape index (κ1) is 13.8. The van der Waals surface area contributed by atoms with E-state index < -0.39 is 5.41 Å².